The molecule has 0 saturated heterocycles. The van der Waals surface area contributed by atoms with E-state index in [1.54, 1.807) is 80.6 Å². The first kappa shape index (κ1) is 48.0. The molecule has 0 bridgehead atoms. The van der Waals surface area contributed by atoms with Gasteiger partial charge in [-0.05, 0) is 160 Å². The summed E-state index contributed by atoms with van der Waals surface area (Å²) in [6.07, 6.45) is 2.37. The predicted molar refractivity (Wildman–Crippen MR) is 240 cm³/mol. The third kappa shape index (κ3) is 13.7. The minimum atomic E-state index is -0.449. The SMILES string of the molecule is CCN(CC)CCOc1ccc(C(=O)c2c(-c3ccc(OCC(=O)NCCC(CCNC(C)(C)C(C)N=O)CCNC(C)(C)C(C)N=O)cc3)oc3ccc(Cl)cc23)cc1. The van der Waals surface area contributed by atoms with Crippen LogP contribution in [0, 0.1) is 15.7 Å². The van der Waals surface area contributed by atoms with Gasteiger partial charge < -0.3 is 34.7 Å². The van der Waals surface area contributed by atoms with Crippen LogP contribution in [0.3, 0.4) is 0 Å². The Bertz CT molecular complexity index is 1960. The van der Waals surface area contributed by atoms with Crippen molar-refractivity contribution in [2.45, 2.75) is 97.8 Å². The van der Waals surface area contributed by atoms with E-state index in [1.165, 1.54) is 0 Å². The van der Waals surface area contributed by atoms with Gasteiger partial charge in [-0.1, -0.05) is 35.8 Å². The van der Waals surface area contributed by atoms with Gasteiger partial charge in [0.05, 0.1) is 5.56 Å². The van der Waals surface area contributed by atoms with E-state index in [2.05, 4.69) is 45.1 Å². The number of halogens is 1. The van der Waals surface area contributed by atoms with Gasteiger partial charge in [-0.25, -0.2) is 0 Å². The number of hydrogen-bond acceptors (Lipinski definition) is 12. The van der Waals surface area contributed by atoms with Crippen LogP contribution in [0.25, 0.3) is 22.3 Å². The summed E-state index contributed by atoms with van der Waals surface area (Å²) >= 11 is 6.38. The minimum absolute atomic E-state index is 0.176. The summed E-state index contributed by atoms with van der Waals surface area (Å²) in [5, 5.41) is 17.4. The van der Waals surface area contributed by atoms with Crippen LogP contribution >= 0.6 is 11.6 Å². The van der Waals surface area contributed by atoms with Crippen LogP contribution in [0.4, 0.5) is 0 Å². The van der Waals surface area contributed by atoms with E-state index in [-0.39, 0.29) is 36.3 Å². The summed E-state index contributed by atoms with van der Waals surface area (Å²) in [7, 11) is 0. The Morgan fingerprint density at radius 2 is 1.33 bits per heavy atom. The second-order valence-corrected chi connectivity index (χ2v) is 16.9. The number of fused-ring (bicyclic) bond motifs is 1. The van der Waals surface area contributed by atoms with Gasteiger partial charge in [-0.3, -0.25) is 9.59 Å². The van der Waals surface area contributed by atoms with Gasteiger partial charge in [0.15, 0.2) is 12.4 Å². The first-order valence-corrected chi connectivity index (χ1v) is 21.4. The minimum Gasteiger partial charge on any atom is -0.492 e. The van der Waals surface area contributed by atoms with Crippen molar-refractivity contribution >= 4 is 34.3 Å². The molecule has 4 aromatic rings. The largest absolute Gasteiger partial charge is 0.492 e. The first-order valence-electron chi connectivity index (χ1n) is 21.0. The van der Waals surface area contributed by atoms with Crippen molar-refractivity contribution in [3.63, 3.8) is 0 Å². The molecule has 3 aromatic carbocycles. The number of furan rings is 1. The molecule has 13 nitrogen and oxygen atoms in total. The summed E-state index contributed by atoms with van der Waals surface area (Å²) in [6.45, 7) is 20.6. The van der Waals surface area contributed by atoms with E-state index in [4.69, 9.17) is 25.5 Å². The maximum absolute atomic E-state index is 14.1. The molecule has 326 valence electrons. The highest BCUT2D eigenvalue weighted by Gasteiger charge is 2.28. The first-order chi connectivity index (χ1) is 28.6. The smallest absolute Gasteiger partial charge is 0.257 e. The van der Waals surface area contributed by atoms with E-state index in [0.29, 0.717) is 76.2 Å². The number of hydrogen-bond donors (Lipinski definition) is 3. The molecule has 0 radical (unpaired) electrons. The quantitative estimate of drug-likeness (QED) is 0.0390. The monoisotopic (exact) mass is 846 g/mol. The molecule has 0 aliphatic carbocycles. The molecule has 0 spiro atoms. The highest BCUT2D eigenvalue weighted by atomic mass is 35.5. The number of likely N-dealkylation sites (N-methyl/N-ethyl adjacent to an activating group) is 1. The number of carbonyl (C=O) groups is 2. The van der Waals surface area contributed by atoms with Gasteiger partial charge >= 0.3 is 0 Å². The highest BCUT2D eigenvalue weighted by Crippen LogP contribution is 2.37. The van der Waals surface area contributed by atoms with Gasteiger partial charge in [0, 0.05) is 45.7 Å². The molecule has 60 heavy (non-hydrogen) atoms. The molecule has 0 saturated carbocycles. The molecule has 14 heteroatoms. The Hall–Kier alpha value is -4.69. The van der Waals surface area contributed by atoms with Crippen LogP contribution in [0.1, 0.15) is 90.6 Å². The molecule has 2 unspecified atom stereocenters. The van der Waals surface area contributed by atoms with Gasteiger partial charge in [0.25, 0.3) is 5.91 Å². The zero-order valence-electron chi connectivity index (χ0n) is 36.4. The Labute approximate surface area is 359 Å². The standard InChI is InChI=1S/C46H63ClN6O7/c1-9-53(10-2)27-28-58-37-16-11-34(12-17-37)43(55)42-39-29-36(47)15-20-40(39)60-44(42)35-13-18-38(19-14-35)59-30-41(54)48-24-21-33(22-25-49-45(5,6)31(3)51-56)23-26-50-46(7,8)32(4)52-57/h11-20,29,31-33,49-50H,9-10,21-28,30H2,1-8H3,(H,48,54). The third-order valence-corrected chi connectivity index (χ3v) is 11.8. The lowest BCUT2D eigenvalue weighted by molar-refractivity contribution is -0.123. The fourth-order valence-electron chi connectivity index (χ4n) is 6.68. The van der Waals surface area contributed by atoms with Crippen molar-refractivity contribution in [2.24, 2.45) is 16.3 Å². The zero-order valence-corrected chi connectivity index (χ0v) is 37.2. The Morgan fingerprint density at radius 1 is 0.783 bits per heavy atom. The maximum Gasteiger partial charge on any atom is 0.257 e. The Morgan fingerprint density at radius 3 is 1.90 bits per heavy atom. The second kappa shape index (κ2) is 22.8. The van der Waals surface area contributed by atoms with Crippen molar-refractivity contribution < 1.29 is 23.5 Å². The van der Waals surface area contributed by atoms with E-state index in [1.807, 2.05) is 27.7 Å². The second-order valence-electron chi connectivity index (χ2n) is 16.4. The summed E-state index contributed by atoms with van der Waals surface area (Å²) in [6, 6.07) is 18.6. The fourth-order valence-corrected chi connectivity index (χ4v) is 6.86. The summed E-state index contributed by atoms with van der Waals surface area (Å²) in [5.74, 6) is 1.35. The maximum atomic E-state index is 14.1. The number of carbonyl (C=O) groups excluding carboxylic acids is 2. The van der Waals surface area contributed by atoms with E-state index in [0.717, 1.165) is 38.9 Å². The number of ketones is 1. The molecule has 0 aliphatic rings. The molecular formula is C46H63ClN6O7. The van der Waals surface area contributed by atoms with Gasteiger partial charge in [0.2, 0.25) is 0 Å². The summed E-state index contributed by atoms with van der Waals surface area (Å²) < 4.78 is 18.0. The van der Waals surface area contributed by atoms with Crippen LogP contribution in [-0.4, -0.2) is 92.2 Å². The number of nitroso groups, excluding NO2 is 2. The normalized spacial score (nSPS) is 13.5. The van der Waals surface area contributed by atoms with Crippen molar-refractivity contribution in [1.29, 1.82) is 0 Å². The zero-order chi connectivity index (χ0) is 43.9. The van der Waals surface area contributed by atoms with E-state index in [9.17, 15) is 19.4 Å². The molecule has 1 aromatic heterocycles. The van der Waals surface area contributed by atoms with Gasteiger partial charge in [0.1, 0.15) is 41.5 Å². The van der Waals surface area contributed by atoms with Crippen LogP contribution in [0.2, 0.25) is 5.02 Å². The lowest BCUT2D eigenvalue weighted by atomic mass is 9.92. The number of rotatable bonds is 27. The van der Waals surface area contributed by atoms with Crippen molar-refractivity contribution in [3.8, 4) is 22.8 Å². The molecule has 4 rings (SSSR count). The number of nitrogens with zero attached hydrogens (tertiary/aromatic N) is 3. The summed E-state index contributed by atoms with van der Waals surface area (Å²) in [5.41, 5.74) is 1.17. The molecule has 0 fully saturated rings. The van der Waals surface area contributed by atoms with Crippen LogP contribution < -0.4 is 25.4 Å². The topological polar surface area (TPSA) is 164 Å². The average molecular weight is 847 g/mol. The van der Waals surface area contributed by atoms with E-state index >= 15 is 0 Å². The van der Waals surface area contributed by atoms with Crippen molar-refractivity contribution in [2.75, 3.05) is 52.5 Å². The van der Waals surface area contributed by atoms with E-state index < -0.39 is 11.1 Å². The Kier molecular flexibility index (Phi) is 18.2. The average Bonchev–Trinajstić information content (AvgIpc) is 3.62. The predicted octanol–water partition coefficient (Wildman–Crippen LogP) is 9.03. The highest BCUT2D eigenvalue weighted by molar-refractivity contribution is 6.32. The third-order valence-electron chi connectivity index (χ3n) is 11.6. The van der Waals surface area contributed by atoms with Crippen molar-refractivity contribution in [3.05, 3.63) is 92.7 Å². The van der Waals surface area contributed by atoms with Gasteiger partial charge in [-0.15, -0.1) is 0 Å². The molecule has 1 amide bonds. The number of benzene rings is 3. The van der Waals surface area contributed by atoms with Crippen LogP contribution in [0.5, 0.6) is 11.5 Å². The van der Waals surface area contributed by atoms with Crippen LogP contribution in [0.15, 0.2) is 81.5 Å². The number of ether oxygens (including phenoxy) is 2. The molecule has 1 heterocycles. The Balaban J connectivity index is 1.36. The molecule has 2 atom stereocenters. The molecule has 3 N–H and O–H groups in total. The fraction of sp³-hybridized carbons (Fsp3) is 0.522. The van der Waals surface area contributed by atoms with Gasteiger partial charge in [-0.2, -0.15) is 9.81 Å². The number of nitrogens with one attached hydrogen (secondary N) is 3. The number of amides is 1. The van der Waals surface area contributed by atoms with Crippen molar-refractivity contribution in [1.82, 2.24) is 20.9 Å². The summed E-state index contributed by atoms with van der Waals surface area (Å²) in [4.78, 5) is 51.6. The van der Waals surface area contributed by atoms with Crippen LogP contribution in [-0.2, 0) is 4.79 Å². The molecular weight excluding hydrogens is 784 g/mol. The molecule has 0 aliphatic heterocycles. The lowest BCUT2D eigenvalue weighted by Crippen LogP contribution is -2.48. The lowest BCUT2D eigenvalue weighted by Gasteiger charge is -2.31.